The minimum Gasteiger partial charge on any atom is -0.411 e. The van der Waals surface area contributed by atoms with E-state index in [0.29, 0.717) is 13.1 Å². The minimum absolute atomic E-state index is 0.448. The maximum Gasteiger partial charge on any atom is 0.0704 e. The van der Waals surface area contributed by atoms with Gasteiger partial charge in [0, 0.05) is 6.54 Å². The summed E-state index contributed by atoms with van der Waals surface area (Å²) in [5.41, 5.74) is 0.844. The molecule has 1 rings (SSSR count). The molecule has 1 heterocycles. The van der Waals surface area contributed by atoms with Crippen molar-refractivity contribution in [1.29, 1.82) is 0 Å². The Morgan fingerprint density at radius 2 is 2.50 bits per heavy atom. The van der Waals surface area contributed by atoms with E-state index in [2.05, 4.69) is 5.16 Å². The third kappa shape index (κ3) is 1.82. The van der Waals surface area contributed by atoms with Crippen LogP contribution in [-0.4, -0.2) is 34.8 Å². The number of hydroxylamine groups is 2. The predicted octanol–water partition coefficient (Wildman–Crippen LogP) is 0.468. The summed E-state index contributed by atoms with van der Waals surface area (Å²) in [6.45, 7) is 1.10. The molecule has 0 unspecified atom stereocenters. The molecule has 0 aliphatic carbocycles. The normalized spacial score (nSPS) is 21.5. The van der Waals surface area contributed by atoms with Gasteiger partial charge in [-0.05, 0) is 12.0 Å². The van der Waals surface area contributed by atoms with Crippen molar-refractivity contribution in [2.75, 3.05) is 13.1 Å². The van der Waals surface area contributed by atoms with Crippen LogP contribution in [0.1, 0.15) is 6.42 Å². The third-order valence-electron chi connectivity index (χ3n) is 1.38. The molecule has 0 fully saturated rings. The van der Waals surface area contributed by atoms with Crippen LogP contribution in [0.5, 0.6) is 0 Å². The van der Waals surface area contributed by atoms with Gasteiger partial charge in [-0.25, -0.2) is 0 Å². The molecule has 10 heavy (non-hydrogen) atoms. The van der Waals surface area contributed by atoms with Crippen LogP contribution in [0, 0.1) is 0 Å². The number of oxime groups is 1. The summed E-state index contributed by atoms with van der Waals surface area (Å²) in [7, 11) is 0. The van der Waals surface area contributed by atoms with Crippen molar-refractivity contribution < 1.29 is 10.4 Å². The predicted molar refractivity (Wildman–Crippen MR) is 36.3 cm³/mol. The van der Waals surface area contributed by atoms with Gasteiger partial charge in [-0.1, -0.05) is 11.2 Å². The van der Waals surface area contributed by atoms with Crippen molar-refractivity contribution in [3.05, 3.63) is 11.6 Å². The molecule has 0 saturated carbocycles. The second kappa shape index (κ2) is 3.34. The zero-order chi connectivity index (χ0) is 7.40. The van der Waals surface area contributed by atoms with Crippen molar-refractivity contribution in [3.8, 4) is 0 Å². The van der Waals surface area contributed by atoms with Crippen LogP contribution >= 0.6 is 0 Å². The Morgan fingerprint density at radius 1 is 1.70 bits per heavy atom. The molecule has 56 valence electrons. The molecule has 0 atom stereocenters. The molecule has 0 spiro atoms. The van der Waals surface area contributed by atoms with Gasteiger partial charge in [-0.3, -0.25) is 0 Å². The molecule has 0 aromatic heterocycles. The maximum atomic E-state index is 8.96. The highest BCUT2D eigenvalue weighted by atomic mass is 16.5. The molecular weight excluding hydrogens is 132 g/mol. The highest BCUT2D eigenvalue weighted by Crippen LogP contribution is 2.04. The average Bonchev–Trinajstić information content (AvgIpc) is 1.88. The quantitative estimate of drug-likeness (QED) is 0.318. The van der Waals surface area contributed by atoms with Gasteiger partial charge in [-0.2, -0.15) is 5.06 Å². The summed E-state index contributed by atoms with van der Waals surface area (Å²) in [4.78, 5) is 0. The Hall–Kier alpha value is -0.870. The fourth-order valence-electron chi connectivity index (χ4n) is 0.921. The van der Waals surface area contributed by atoms with Crippen LogP contribution < -0.4 is 0 Å². The van der Waals surface area contributed by atoms with Crippen LogP contribution in [0.3, 0.4) is 0 Å². The van der Waals surface area contributed by atoms with Crippen molar-refractivity contribution >= 4 is 6.21 Å². The summed E-state index contributed by atoms with van der Waals surface area (Å²) in [6, 6.07) is 0. The van der Waals surface area contributed by atoms with E-state index in [1.807, 2.05) is 6.08 Å². The van der Waals surface area contributed by atoms with Gasteiger partial charge >= 0.3 is 0 Å². The van der Waals surface area contributed by atoms with Gasteiger partial charge < -0.3 is 10.4 Å². The summed E-state index contributed by atoms with van der Waals surface area (Å²) >= 11 is 0. The van der Waals surface area contributed by atoms with Gasteiger partial charge in [0.15, 0.2) is 0 Å². The van der Waals surface area contributed by atoms with Crippen molar-refractivity contribution in [3.63, 3.8) is 0 Å². The standard InChI is InChI=1S/C6H10N2O2/c9-7-4-6-2-1-3-8(10)5-6/h2,4,9-10H,1,3,5H2/b7-4+. The highest BCUT2D eigenvalue weighted by Gasteiger charge is 2.07. The molecule has 4 heteroatoms. The van der Waals surface area contributed by atoms with Crippen molar-refractivity contribution in [2.45, 2.75) is 6.42 Å². The van der Waals surface area contributed by atoms with Gasteiger partial charge in [0.05, 0.1) is 12.8 Å². The first-order valence-electron chi connectivity index (χ1n) is 3.13. The molecule has 0 aromatic carbocycles. The van der Waals surface area contributed by atoms with E-state index in [4.69, 9.17) is 10.4 Å². The van der Waals surface area contributed by atoms with E-state index >= 15 is 0 Å². The zero-order valence-corrected chi connectivity index (χ0v) is 5.56. The highest BCUT2D eigenvalue weighted by molar-refractivity contribution is 5.78. The first-order chi connectivity index (χ1) is 4.83. The first kappa shape index (κ1) is 7.24. The van der Waals surface area contributed by atoms with Crippen molar-refractivity contribution in [1.82, 2.24) is 5.06 Å². The molecule has 0 saturated heterocycles. The summed E-state index contributed by atoms with van der Waals surface area (Å²) in [5, 5.41) is 21.1. The zero-order valence-electron chi connectivity index (χ0n) is 5.56. The van der Waals surface area contributed by atoms with E-state index < -0.39 is 0 Å². The third-order valence-corrected chi connectivity index (χ3v) is 1.38. The molecule has 0 amide bonds. The smallest absolute Gasteiger partial charge is 0.0704 e. The summed E-state index contributed by atoms with van der Waals surface area (Å²) in [6.07, 6.45) is 4.08. The van der Waals surface area contributed by atoms with Crippen LogP contribution in [0.25, 0.3) is 0 Å². The number of hydrogen-bond acceptors (Lipinski definition) is 4. The molecule has 0 radical (unpaired) electrons. The lowest BCUT2D eigenvalue weighted by atomic mass is 10.2. The van der Waals surface area contributed by atoms with Gasteiger partial charge in [0.1, 0.15) is 0 Å². The Bertz CT molecular complexity index is 165. The van der Waals surface area contributed by atoms with E-state index in [0.717, 1.165) is 12.0 Å². The summed E-state index contributed by atoms with van der Waals surface area (Å²) in [5.74, 6) is 0. The van der Waals surface area contributed by atoms with E-state index in [9.17, 15) is 0 Å². The van der Waals surface area contributed by atoms with E-state index in [1.54, 1.807) is 0 Å². The molecule has 4 nitrogen and oxygen atoms in total. The monoisotopic (exact) mass is 142 g/mol. The number of nitrogens with zero attached hydrogens (tertiary/aromatic N) is 2. The fraction of sp³-hybridized carbons (Fsp3) is 0.500. The lowest BCUT2D eigenvalue weighted by Gasteiger charge is -2.18. The lowest BCUT2D eigenvalue weighted by Crippen LogP contribution is -2.26. The lowest BCUT2D eigenvalue weighted by molar-refractivity contribution is -0.0830. The Morgan fingerprint density at radius 3 is 3.10 bits per heavy atom. The molecule has 0 aromatic rings. The van der Waals surface area contributed by atoms with Crippen LogP contribution in [0.2, 0.25) is 0 Å². The fourth-order valence-corrected chi connectivity index (χ4v) is 0.921. The van der Waals surface area contributed by atoms with Crippen LogP contribution in [0.15, 0.2) is 16.8 Å². The minimum atomic E-state index is 0.448. The van der Waals surface area contributed by atoms with Crippen molar-refractivity contribution in [2.24, 2.45) is 5.16 Å². The molecule has 1 aliphatic heterocycles. The largest absolute Gasteiger partial charge is 0.411 e. The topological polar surface area (TPSA) is 56.1 Å². The Balaban J connectivity index is 2.51. The van der Waals surface area contributed by atoms with Crippen LogP contribution in [0.4, 0.5) is 0 Å². The van der Waals surface area contributed by atoms with E-state index in [1.165, 1.54) is 11.3 Å². The van der Waals surface area contributed by atoms with E-state index in [-0.39, 0.29) is 0 Å². The maximum absolute atomic E-state index is 8.96. The van der Waals surface area contributed by atoms with Gasteiger partial charge in [0.25, 0.3) is 0 Å². The Kier molecular flexibility index (Phi) is 2.42. The second-order valence-electron chi connectivity index (χ2n) is 2.20. The SMILES string of the molecule is O/N=C/C1=CCCN(O)C1. The number of hydrogen-bond donors (Lipinski definition) is 2. The number of rotatable bonds is 1. The molecular formula is C6H10N2O2. The molecule has 0 bridgehead atoms. The molecule has 2 N–H and O–H groups in total. The van der Waals surface area contributed by atoms with Gasteiger partial charge in [0.2, 0.25) is 0 Å². The summed E-state index contributed by atoms with van der Waals surface area (Å²) < 4.78 is 0. The Labute approximate surface area is 59.0 Å². The first-order valence-corrected chi connectivity index (χ1v) is 3.13. The van der Waals surface area contributed by atoms with Gasteiger partial charge in [-0.15, -0.1) is 0 Å². The van der Waals surface area contributed by atoms with Crippen LogP contribution in [-0.2, 0) is 0 Å². The molecule has 1 aliphatic rings. The average molecular weight is 142 g/mol. The second-order valence-corrected chi connectivity index (χ2v) is 2.20.